The van der Waals surface area contributed by atoms with E-state index in [-0.39, 0.29) is 11.8 Å². The van der Waals surface area contributed by atoms with Crippen LogP contribution < -0.4 is 5.32 Å². The maximum Gasteiger partial charge on any atom is 0.151 e. The van der Waals surface area contributed by atoms with Gasteiger partial charge in [0.1, 0.15) is 0 Å². The predicted molar refractivity (Wildman–Crippen MR) is 81.5 cm³/mol. The van der Waals surface area contributed by atoms with Crippen LogP contribution in [0.4, 0.5) is 5.69 Å². The first kappa shape index (κ1) is 15.3. The van der Waals surface area contributed by atoms with Crippen molar-refractivity contribution in [1.29, 1.82) is 0 Å². The Kier molecular flexibility index (Phi) is 4.99. The van der Waals surface area contributed by atoms with E-state index >= 15 is 0 Å². The molecule has 0 saturated carbocycles. The van der Waals surface area contributed by atoms with Gasteiger partial charge in [0.25, 0.3) is 0 Å². The number of hydrogen-bond donors (Lipinski definition) is 1. The molecule has 5 nitrogen and oxygen atoms in total. The van der Waals surface area contributed by atoms with Crippen molar-refractivity contribution in [2.45, 2.75) is 32.4 Å². The van der Waals surface area contributed by atoms with Crippen molar-refractivity contribution in [3.8, 4) is 0 Å². The number of hydrogen-bond acceptors (Lipinski definition) is 5. The Morgan fingerprint density at radius 2 is 2.30 bits per heavy atom. The summed E-state index contributed by atoms with van der Waals surface area (Å²) >= 11 is 0. The standard InChI is InChI=1S/C14H23N3O2S/c1-3-6-15-12-4-7-16-13(9-12)10-17(2)14-5-8-20(18,19)11-14/h4,7,9,14H,3,5-6,8,10-11H2,1-2H3,(H,15,16). The van der Waals surface area contributed by atoms with Crippen LogP contribution in [0.3, 0.4) is 0 Å². The van der Waals surface area contributed by atoms with E-state index in [2.05, 4.69) is 22.1 Å². The minimum Gasteiger partial charge on any atom is -0.385 e. The molecule has 1 aliphatic rings. The number of nitrogens with zero attached hydrogens (tertiary/aromatic N) is 2. The number of aromatic nitrogens is 1. The first-order chi connectivity index (χ1) is 9.50. The van der Waals surface area contributed by atoms with Crippen molar-refractivity contribution in [1.82, 2.24) is 9.88 Å². The second kappa shape index (κ2) is 6.54. The Balaban J connectivity index is 1.95. The van der Waals surface area contributed by atoms with E-state index in [4.69, 9.17) is 0 Å². The highest BCUT2D eigenvalue weighted by Crippen LogP contribution is 2.18. The van der Waals surface area contributed by atoms with Gasteiger partial charge in [-0.1, -0.05) is 6.92 Å². The van der Waals surface area contributed by atoms with Gasteiger partial charge >= 0.3 is 0 Å². The number of anilines is 1. The summed E-state index contributed by atoms with van der Waals surface area (Å²) in [5, 5.41) is 3.34. The molecular formula is C14H23N3O2S. The van der Waals surface area contributed by atoms with Crippen molar-refractivity contribution >= 4 is 15.5 Å². The summed E-state index contributed by atoms with van der Waals surface area (Å²) in [5.41, 5.74) is 2.04. The largest absolute Gasteiger partial charge is 0.385 e. The predicted octanol–water partition coefficient (Wildman–Crippen LogP) is 1.52. The minimum atomic E-state index is -2.83. The normalized spacial score (nSPS) is 21.2. The Labute approximate surface area is 121 Å². The zero-order valence-electron chi connectivity index (χ0n) is 12.2. The van der Waals surface area contributed by atoms with E-state index in [0.717, 1.165) is 30.8 Å². The smallest absolute Gasteiger partial charge is 0.151 e. The quantitative estimate of drug-likeness (QED) is 0.862. The molecular weight excluding hydrogens is 274 g/mol. The number of pyridine rings is 1. The van der Waals surface area contributed by atoms with Crippen LogP contribution >= 0.6 is 0 Å². The average molecular weight is 297 g/mol. The fourth-order valence-electron chi connectivity index (χ4n) is 2.45. The number of nitrogens with one attached hydrogen (secondary N) is 1. The highest BCUT2D eigenvalue weighted by atomic mass is 32.2. The van der Waals surface area contributed by atoms with Crippen LogP contribution in [-0.2, 0) is 16.4 Å². The zero-order valence-corrected chi connectivity index (χ0v) is 13.0. The third-order valence-corrected chi connectivity index (χ3v) is 5.39. The molecule has 2 rings (SSSR count). The Bertz CT molecular complexity index is 545. The molecule has 2 heterocycles. The van der Waals surface area contributed by atoms with Gasteiger partial charge in [0.15, 0.2) is 9.84 Å². The third-order valence-electron chi connectivity index (χ3n) is 3.64. The van der Waals surface area contributed by atoms with E-state index in [0.29, 0.717) is 12.3 Å². The van der Waals surface area contributed by atoms with Gasteiger partial charge in [-0.2, -0.15) is 0 Å². The molecule has 6 heteroatoms. The van der Waals surface area contributed by atoms with Gasteiger partial charge in [0.2, 0.25) is 0 Å². The second-order valence-electron chi connectivity index (χ2n) is 5.43. The molecule has 0 spiro atoms. The molecule has 1 unspecified atom stereocenters. The van der Waals surface area contributed by atoms with Crippen LogP contribution in [0.25, 0.3) is 0 Å². The van der Waals surface area contributed by atoms with Crippen LogP contribution in [0.2, 0.25) is 0 Å². The Morgan fingerprint density at radius 3 is 2.95 bits per heavy atom. The molecule has 0 bridgehead atoms. The van der Waals surface area contributed by atoms with Crippen molar-refractivity contribution < 1.29 is 8.42 Å². The molecule has 0 aliphatic carbocycles. The first-order valence-corrected chi connectivity index (χ1v) is 8.92. The van der Waals surface area contributed by atoms with Crippen LogP contribution in [0.1, 0.15) is 25.5 Å². The maximum atomic E-state index is 11.5. The van der Waals surface area contributed by atoms with Crippen molar-refractivity contribution in [2.75, 3.05) is 30.4 Å². The van der Waals surface area contributed by atoms with Gasteiger partial charge in [-0.05, 0) is 32.0 Å². The van der Waals surface area contributed by atoms with E-state index in [1.54, 1.807) is 6.20 Å². The number of sulfone groups is 1. The van der Waals surface area contributed by atoms with Gasteiger partial charge in [0, 0.05) is 31.0 Å². The summed E-state index contributed by atoms with van der Waals surface area (Å²) < 4.78 is 23.0. The molecule has 0 aromatic carbocycles. The fraction of sp³-hybridized carbons (Fsp3) is 0.643. The van der Waals surface area contributed by atoms with E-state index in [1.165, 1.54) is 0 Å². The SMILES string of the molecule is CCCNc1ccnc(CN(C)C2CCS(=O)(=O)C2)c1. The molecule has 20 heavy (non-hydrogen) atoms. The fourth-order valence-corrected chi connectivity index (χ4v) is 4.26. The van der Waals surface area contributed by atoms with Gasteiger partial charge in [-0.25, -0.2) is 8.42 Å². The molecule has 1 atom stereocenters. The van der Waals surface area contributed by atoms with E-state index in [1.807, 2.05) is 19.2 Å². The molecule has 1 aromatic heterocycles. The maximum absolute atomic E-state index is 11.5. The van der Waals surface area contributed by atoms with Gasteiger partial charge < -0.3 is 5.32 Å². The zero-order chi connectivity index (χ0) is 14.6. The Morgan fingerprint density at radius 1 is 1.50 bits per heavy atom. The summed E-state index contributed by atoms with van der Waals surface area (Å²) in [5.74, 6) is 0.588. The Hall–Kier alpha value is -1.14. The molecule has 1 aromatic rings. The van der Waals surface area contributed by atoms with Crippen LogP contribution in [0, 0.1) is 0 Å². The topological polar surface area (TPSA) is 62.3 Å². The highest BCUT2D eigenvalue weighted by molar-refractivity contribution is 7.91. The van der Waals surface area contributed by atoms with Crippen molar-refractivity contribution in [3.05, 3.63) is 24.0 Å². The van der Waals surface area contributed by atoms with Gasteiger partial charge in [-0.3, -0.25) is 9.88 Å². The monoisotopic (exact) mass is 297 g/mol. The summed E-state index contributed by atoms with van der Waals surface area (Å²) in [4.78, 5) is 6.46. The molecule has 1 N–H and O–H groups in total. The average Bonchev–Trinajstić information content (AvgIpc) is 2.77. The molecule has 1 saturated heterocycles. The second-order valence-corrected chi connectivity index (χ2v) is 7.66. The molecule has 0 radical (unpaired) electrons. The van der Waals surface area contributed by atoms with E-state index < -0.39 is 9.84 Å². The van der Waals surface area contributed by atoms with Crippen LogP contribution in [-0.4, -0.2) is 49.4 Å². The lowest BCUT2D eigenvalue weighted by Gasteiger charge is -2.22. The lowest BCUT2D eigenvalue weighted by atomic mass is 10.2. The summed E-state index contributed by atoms with van der Waals surface area (Å²) in [6.07, 6.45) is 3.61. The third kappa shape index (κ3) is 4.18. The van der Waals surface area contributed by atoms with Crippen LogP contribution in [0.5, 0.6) is 0 Å². The molecule has 1 aliphatic heterocycles. The van der Waals surface area contributed by atoms with Crippen molar-refractivity contribution in [3.63, 3.8) is 0 Å². The van der Waals surface area contributed by atoms with Crippen LogP contribution in [0.15, 0.2) is 18.3 Å². The molecule has 1 fully saturated rings. The molecule has 0 amide bonds. The minimum absolute atomic E-state index is 0.119. The van der Waals surface area contributed by atoms with E-state index in [9.17, 15) is 8.42 Å². The lowest BCUT2D eigenvalue weighted by Crippen LogP contribution is -2.32. The first-order valence-electron chi connectivity index (χ1n) is 7.09. The highest BCUT2D eigenvalue weighted by Gasteiger charge is 2.30. The number of rotatable bonds is 6. The van der Waals surface area contributed by atoms with Crippen molar-refractivity contribution in [2.24, 2.45) is 0 Å². The summed E-state index contributed by atoms with van der Waals surface area (Å²) in [7, 11) is -0.856. The van der Waals surface area contributed by atoms with Gasteiger partial charge in [-0.15, -0.1) is 0 Å². The summed E-state index contributed by atoms with van der Waals surface area (Å²) in [6.45, 7) is 3.76. The summed E-state index contributed by atoms with van der Waals surface area (Å²) in [6, 6.07) is 4.11. The lowest BCUT2D eigenvalue weighted by molar-refractivity contribution is 0.251. The molecule has 112 valence electrons. The van der Waals surface area contributed by atoms with Gasteiger partial charge in [0.05, 0.1) is 17.2 Å².